The number of rotatable bonds is 10. The summed E-state index contributed by atoms with van der Waals surface area (Å²) < 4.78 is 8.22. The Hall–Kier alpha value is -2.54. The molecule has 0 saturated carbocycles. The van der Waals surface area contributed by atoms with Crippen LogP contribution in [0.2, 0.25) is 5.02 Å². The van der Waals surface area contributed by atoms with Crippen LogP contribution in [0.3, 0.4) is 0 Å². The zero-order valence-electron chi connectivity index (χ0n) is 17.2. The largest absolute Gasteiger partial charge is 0.484 e. The summed E-state index contributed by atoms with van der Waals surface area (Å²) in [6, 6.07) is 6.64. The molecule has 0 aliphatic heterocycles. The summed E-state index contributed by atoms with van der Waals surface area (Å²) >= 11 is 5.83. The smallest absolute Gasteiger partial charge is 0.331 e. The van der Waals surface area contributed by atoms with Crippen LogP contribution in [0.1, 0.15) is 45.2 Å². The minimum absolute atomic E-state index is 0.126. The number of amides is 1. The van der Waals surface area contributed by atoms with Gasteiger partial charge in [0, 0.05) is 23.8 Å². The fourth-order valence-electron chi connectivity index (χ4n) is 2.89. The number of nitrogens with zero attached hydrogens (tertiary/aromatic N) is 2. The number of carbonyl (C=O) groups excluding carboxylic acids is 1. The first-order valence-corrected chi connectivity index (χ1v) is 10.3. The number of ether oxygens (including phenoxy) is 1. The zero-order valence-corrected chi connectivity index (χ0v) is 17.9. The van der Waals surface area contributed by atoms with Gasteiger partial charge in [-0.15, -0.1) is 0 Å². The molecule has 1 aromatic carbocycles. The molecule has 7 nitrogen and oxygen atoms in total. The van der Waals surface area contributed by atoms with Gasteiger partial charge < -0.3 is 10.1 Å². The number of carbonyl (C=O) groups is 1. The van der Waals surface area contributed by atoms with E-state index < -0.39 is 11.5 Å². The highest BCUT2D eigenvalue weighted by Crippen LogP contribution is 2.15. The predicted molar refractivity (Wildman–Crippen MR) is 115 cm³/mol. The maximum absolute atomic E-state index is 12.9. The van der Waals surface area contributed by atoms with Gasteiger partial charge in [0.1, 0.15) is 11.4 Å². The monoisotopic (exact) mass is 421 g/mol. The number of halogens is 1. The molecule has 0 bridgehead atoms. The molecule has 1 amide bonds. The molecule has 1 heterocycles. The van der Waals surface area contributed by atoms with E-state index in [1.165, 1.54) is 4.57 Å². The van der Waals surface area contributed by atoms with Crippen LogP contribution in [0.25, 0.3) is 0 Å². The van der Waals surface area contributed by atoms with Crippen LogP contribution >= 0.6 is 11.6 Å². The third-order valence-electron chi connectivity index (χ3n) is 4.61. The third-order valence-corrected chi connectivity index (χ3v) is 4.86. The molecule has 8 heteroatoms. The van der Waals surface area contributed by atoms with E-state index in [9.17, 15) is 14.4 Å². The van der Waals surface area contributed by atoms with Crippen LogP contribution in [0.15, 0.2) is 33.9 Å². The van der Waals surface area contributed by atoms with Crippen molar-refractivity contribution in [2.75, 3.05) is 11.9 Å². The van der Waals surface area contributed by atoms with Gasteiger partial charge >= 0.3 is 5.69 Å². The van der Waals surface area contributed by atoms with Gasteiger partial charge in [-0.05, 0) is 44.0 Å². The van der Waals surface area contributed by atoms with E-state index in [0.29, 0.717) is 36.0 Å². The first-order valence-electron chi connectivity index (χ1n) is 9.91. The van der Waals surface area contributed by atoms with Gasteiger partial charge in [-0.3, -0.25) is 18.7 Å². The lowest BCUT2D eigenvalue weighted by molar-refractivity contribution is -0.118. The first-order chi connectivity index (χ1) is 13.9. The van der Waals surface area contributed by atoms with Crippen molar-refractivity contribution in [1.82, 2.24) is 9.13 Å². The van der Waals surface area contributed by atoms with E-state index in [1.807, 2.05) is 13.8 Å². The van der Waals surface area contributed by atoms with E-state index in [1.54, 1.807) is 35.8 Å². The second kappa shape index (κ2) is 10.9. The Morgan fingerprint density at radius 2 is 1.62 bits per heavy atom. The van der Waals surface area contributed by atoms with Gasteiger partial charge in [-0.1, -0.05) is 38.3 Å². The molecule has 1 N–H and O–H groups in total. The van der Waals surface area contributed by atoms with E-state index in [4.69, 9.17) is 16.3 Å². The van der Waals surface area contributed by atoms with E-state index in [0.717, 1.165) is 19.3 Å². The number of unbranched alkanes of at least 4 members (excludes halogenated alkanes) is 2. The Morgan fingerprint density at radius 1 is 1.03 bits per heavy atom. The highest BCUT2D eigenvalue weighted by molar-refractivity contribution is 6.30. The second-order valence-electron chi connectivity index (χ2n) is 6.85. The van der Waals surface area contributed by atoms with Crippen LogP contribution in [-0.4, -0.2) is 21.6 Å². The Bertz CT molecular complexity index is 948. The van der Waals surface area contributed by atoms with Gasteiger partial charge in [0.2, 0.25) is 0 Å². The summed E-state index contributed by atoms with van der Waals surface area (Å²) in [6.45, 7) is 6.26. The molecule has 0 aliphatic carbocycles. The van der Waals surface area contributed by atoms with Crippen molar-refractivity contribution >= 4 is 23.2 Å². The molecule has 158 valence electrons. The van der Waals surface area contributed by atoms with Crippen molar-refractivity contribution in [3.05, 3.63) is 55.8 Å². The molecule has 0 aliphatic rings. The Morgan fingerprint density at radius 3 is 2.21 bits per heavy atom. The summed E-state index contributed by atoms with van der Waals surface area (Å²) in [6.07, 6.45) is 3.28. The Balaban J connectivity index is 2.26. The standard InChI is InChI=1S/C21H28ClN3O4/c1-4-6-12-24-15(3)19(20(27)25(21(24)28)13-7-5-2)23-18(26)14-29-17-10-8-16(22)9-11-17/h8-11H,4-7,12-14H2,1-3H3,(H,23,26). The zero-order chi connectivity index (χ0) is 21.4. The summed E-state index contributed by atoms with van der Waals surface area (Å²) in [5.41, 5.74) is -0.221. The molecular formula is C21H28ClN3O4. The fourth-order valence-corrected chi connectivity index (χ4v) is 3.02. The lowest BCUT2D eigenvalue weighted by Crippen LogP contribution is -2.43. The lowest BCUT2D eigenvalue weighted by atomic mass is 10.2. The SMILES string of the molecule is CCCCn1c(C)c(NC(=O)COc2ccc(Cl)cc2)c(=O)n(CCCC)c1=O. The van der Waals surface area contributed by atoms with Crippen molar-refractivity contribution < 1.29 is 9.53 Å². The molecular weight excluding hydrogens is 394 g/mol. The molecule has 2 rings (SSSR count). The van der Waals surface area contributed by atoms with Crippen molar-refractivity contribution in [3.63, 3.8) is 0 Å². The molecule has 0 atom stereocenters. The second-order valence-corrected chi connectivity index (χ2v) is 7.29. The van der Waals surface area contributed by atoms with E-state index >= 15 is 0 Å². The van der Waals surface area contributed by atoms with Gasteiger partial charge in [0.25, 0.3) is 11.5 Å². The summed E-state index contributed by atoms with van der Waals surface area (Å²) in [5, 5.41) is 3.21. The lowest BCUT2D eigenvalue weighted by Gasteiger charge is -2.17. The number of hydrogen-bond donors (Lipinski definition) is 1. The maximum Gasteiger partial charge on any atom is 0.331 e. The minimum Gasteiger partial charge on any atom is -0.484 e. The van der Waals surface area contributed by atoms with E-state index in [2.05, 4.69) is 5.32 Å². The van der Waals surface area contributed by atoms with Gasteiger partial charge in [-0.25, -0.2) is 4.79 Å². The highest BCUT2D eigenvalue weighted by Gasteiger charge is 2.18. The molecule has 0 fully saturated rings. The van der Waals surface area contributed by atoms with Crippen molar-refractivity contribution in [2.24, 2.45) is 0 Å². The van der Waals surface area contributed by atoms with Gasteiger partial charge in [-0.2, -0.15) is 0 Å². The molecule has 29 heavy (non-hydrogen) atoms. The number of benzene rings is 1. The van der Waals surface area contributed by atoms with Crippen LogP contribution in [0.4, 0.5) is 5.69 Å². The number of nitrogens with one attached hydrogen (secondary N) is 1. The molecule has 2 aromatic rings. The minimum atomic E-state index is -0.478. The molecule has 0 spiro atoms. The average Bonchev–Trinajstić information content (AvgIpc) is 2.71. The molecule has 0 unspecified atom stereocenters. The molecule has 0 radical (unpaired) electrons. The maximum atomic E-state index is 12.9. The normalized spacial score (nSPS) is 10.8. The summed E-state index contributed by atoms with van der Waals surface area (Å²) in [7, 11) is 0. The predicted octanol–water partition coefficient (Wildman–Crippen LogP) is 3.59. The van der Waals surface area contributed by atoms with Gasteiger partial charge in [0.15, 0.2) is 6.61 Å². The summed E-state index contributed by atoms with van der Waals surface area (Å²) in [5.74, 6) is 0.0254. The van der Waals surface area contributed by atoms with Crippen molar-refractivity contribution in [3.8, 4) is 5.75 Å². The third kappa shape index (κ3) is 5.97. The van der Waals surface area contributed by atoms with Crippen LogP contribution in [-0.2, 0) is 17.9 Å². The summed E-state index contributed by atoms with van der Waals surface area (Å²) in [4.78, 5) is 38.0. The Kier molecular flexibility index (Phi) is 8.51. The highest BCUT2D eigenvalue weighted by atomic mass is 35.5. The van der Waals surface area contributed by atoms with Crippen molar-refractivity contribution in [2.45, 2.75) is 59.5 Å². The average molecular weight is 422 g/mol. The number of aromatic nitrogens is 2. The quantitative estimate of drug-likeness (QED) is 0.635. The van der Waals surface area contributed by atoms with Crippen molar-refractivity contribution in [1.29, 1.82) is 0 Å². The van der Waals surface area contributed by atoms with Crippen LogP contribution in [0.5, 0.6) is 5.75 Å². The van der Waals surface area contributed by atoms with Gasteiger partial charge in [0.05, 0.1) is 0 Å². The van der Waals surface area contributed by atoms with Crippen LogP contribution < -0.4 is 21.3 Å². The molecule has 0 saturated heterocycles. The van der Waals surface area contributed by atoms with E-state index in [-0.39, 0.29) is 18.0 Å². The topological polar surface area (TPSA) is 82.3 Å². The first kappa shape index (κ1) is 22.7. The fraction of sp³-hybridized carbons (Fsp3) is 0.476. The number of anilines is 1. The number of hydrogen-bond acceptors (Lipinski definition) is 4. The van der Waals surface area contributed by atoms with Crippen LogP contribution in [0, 0.1) is 6.92 Å². The molecule has 1 aromatic heterocycles. The Labute approximate surface area is 175 Å².